The number of carbonyl (C=O) groups is 12. The molecule has 0 aromatic heterocycles. The Bertz CT molecular complexity index is 2640. The summed E-state index contributed by atoms with van der Waals surface area (Å²) < 4.78 is 1.34. The summed E-state index contributed by atoms with van der Waals surface area (Å²) in [6, 6.07) is -6.56. The van der Waals surface area contributed by atoms with Gasteiger partial charge in [-0.2, -0.15) is 0 Å². The van der Waals surface area contributed by atoms with Crippen LogP contribution in [0.2, 0.25) is 0 Å². The Labute approximate surface area is 468 Å². The van der Waals surface area contributed by atoms with E-state index >= 15 is 0 Å². The average Bonchev–Trinajstić information content (AvgIpc) is 1.58. The van der Waals surface area contributed by atoms with Gasteiger partial charge in [0.1, 0.15) is 48.1 Å². The molecular formula is C49H72N14O19. The van der Waals surface area contributed by atoms with E-state index in [1.807, 2.05) is 0 Å². The van der Waals surface area contributed by atoms with Crippen molar-refractivity contribution in [1.29, 1.82) is 0 Å². The van der Waals surface area contributed by atoms with Gasteiger partial charge in [0.2, 0.25) is 71.4 Å². The van der Waals surface area contributed by atoms with Crippen molar-refractivity contribution in [3.05, 3.63) is 28.4 Å². The number of phenolic OH excluding ortho intramolecular Hbond substituents is 1. The van der Waals surface area contributed by atoms with Crippen LogP contribution in [0.25, 0.3) is 11.3 Å². The van der Waals surface area contributed by atoms with E-state index in [-0.39, 0.29) is 138 Å². The van der Waals surface area contributed by atoms with Crippen LogP contribution in [0.15, 0.2) is 23.0 Å². The second-order valence-corrected chi connectivity index (χ2v) is 19.2. The highest BCUT2D eigenvalue weighted by atomic mass is 16.5. The molecule has 452 valence electrons. The smallest absolute Gasteiger partial charge is 0.303 e. The number of nitrogens with two attached hydrogens (primary N) is 1. The van der Waals surface area contributed by atoms with E-state index in [0.717, 1.165) is 12.1 Å². The van der Waals surface area contributed by atoms with E-state index in [0.29, 0.717) is 11.5 Å². The van der Waals surface area contributed by atoms with Gasteiger partial charge in [-0.1, -0.05) is 0 Å². The number of aromatic nitrogens is 1. The minimum Gasteiger partial charge on any atom is -0.504 e. The summed E-state index contributed by atoms with van der Waals surface area (Å²) in [5.41, 5.74) is 5.21. The predicted octanol–water partition coefficient (Wildman–Crippen LogP) is -5.49. The Hall–Kier alpha value is -8.53. The van der Waals surface area contributed by atoms with Crippen LogP contribution in [0.4, 0.5) is 11.5 Å². The number of hydrogen-bond acceptors (Lipinski definition) is 20. The minimum atomic E-state index is -1.72. The van der Waals surface area contributed by atoms with Crippen LogP contribution in [0, 0.1) is 0 Å². The molecule has 0 aromatic rings. The van der Waals surface area contributed by atoms with Crippen molar-refractivity contribution in [2.24, 2.45) is 5.73 Å². The van der Waals surface area contributed by atoms with Crippen molar-refractivity contribution in [1.82, 2.24) is 57.2 Å². The number of benzene rings is 1. The number of fused-ring (bicyclic) bond motifs is 3. The van der Waals surface area contributed by atoms with Crippen molar-refractivity contribution < 1.29 is 88.4 Å². The van der Waals surface area contributed by atoms with Gasteiger partial charge in [0.25, 0.3) is 0 Å². The maximum Gasteiger partial charge on any atom is 0.303 e. The number of nitrogens with one attached hydrogen (secondary N) is 10. The monoisotopic (exact) mass is 1160 g/mol. The second kappa shape index (κ2) is 33.3. The SMILES string of the molecule is NCCCC[C@H](NC(=O)[C@H](CO)NC(=O)C1CCNc2c(NC(=O)CCC(=O)O)cc3cc(O)c(=O)cc-3n21)C(=O)NCC(=O)N[C@@H](CCCN(O)C=O)C(=O)N[C@H]1CCCCNC(=O)[C@H](CO)NC(=O)[C@H](CCCN(O)C=O)NC1=O. The average molecular weight is 1160 g/mol. The number of hydroxylamine groups is 4. The molecule has 0 bridgehead atoms. The summed E-state index contributed by atoms with van der Waals surface area (Å²) >= 11 is 0. The zero-order chi connectivity index (χ0) is 60.5. The van der Waals surface area contributed by atoms with E-state index in [2.05, 4.69) is 53.2 Å². The van der Waals surface area contributed by atoms with Crippen LogP contribution in [0.1, 0.15) is 89.5 Å². The summed E-state index contributed by atoms with van der Waals surface area (Å²) in [6.45, 7) is -2.89. The zero-order valence-corrected chi connectivity index (χ0v) is 44.7. The van der Waals surface area contributed by atoms with Gasteiger partial charge in [-0.15, -0.1) is 0 Å². The molecule has 1 saturated heterocycles. The number of aliphatic hydroxyl groups excluding tert-OH is 2. The van der Waals surface area contributed by atoms with Crippen LogP contribution in [0.5, 0.6) is 5.75 Å². The summed E-state index contributed by atoms with van der Waals surface area (Å²) in [6.07, 6.45) is -0.384. The Morgan fingerprint density at radius 1 is 0.732 bits per heavy atom. The third-order valence-electron chi connectivity index (χ3n) is 13.1. The van der Waals surface area contributed by atoms with Gasteiger partial charge in [0, 0.05) is 44.2 Å². The molecular weight excluding hydrogens is 1090 g/mol. The number of rotatable bonds is 30. The molecule has 0 radical (unpaired) electrons. The number of aliphatic carboxylic acids is 1. The quantitative estimate of drug-likeness (QED) is 0.0150. The number of unbranched alkanes of at least 4 members (excludes halogenated alkanes) is 1. The maximum absolute atomic E-state index is 14.1. The second-order valence-electron chi connectivity index (χ2n) is 19.2. The van der Waals surface area contributed by atoms with Gasteiger partial charge >= 0.3 is 5.97 Å². The van der Waals surface area contributed by atoms with Crippen molar-refractivity contribution in [2.45, 2.75) is 126 Å². The number of aliphatic hydroxyl groups is 2. The Morgan fingerprint density at radius 2 is 1.41 bits per heavy atom. The number of carbonyl (C=O) groups excluding carboxylic acids is 11. The highest BCUT2D eigenvalue weighted by molar-refractivity contribution is 5.99. The first kappa shape index (κ1) is 66.0. The normalized spacial score (nSPS) is 18.4. The molecule has 0 aromatic carbocycles. The fourth-order valence-electron chi connectivity index (χ4n) is 8.79. The lowest BCUT2D eigenvalue weighted by molar-refractivity contribution is -0.150. The van der Waals surface area contributed by atoms with Crippen molar-refractivity contribution >= 4 is 83.5 Å². The molecule has 7 atom stereocenters. The molecule has 1 unspecified atom stereocenters. The van der Waals surface area contributed by atoms with Crippen molar-refractivity contribution in [2.75, 3.05) is 63.1 Å². The van der Waals surface area contributed by atoms with E-state index in [1.165, 1.54) is 10.6 Å². The number of anilines is 2. The molecule has 1 fully saturated rings. The number of amides is 11. The summed E-state index contributed by atoms with van der Waals surface area (Å²) in [5, 5.41) is 84.8. The molecule has 3 aliphatic heterocycles. The number of nitrogens with zero attached hydrogens (tertiary/aromatic N) is 3. The first-order chi connectivity index (χ1) is 39.1. The molecule has 18 N–H and O–H groups in total. The van der Waals surface area contributed by atoms with Crippen LogP contribution < -0.4 is 64.3 Å². The first-order valence-electron chi connectivity index (χ1n) is 26.4. The molecule has 82 heavy (non-hydrogen) atoms. The molecule has 3 heterocycles. The third kappa shape index (κ3) is 20.2. The van der Waals surface area contributed by atoms with Gasteiger partial charge in [-0.3, -0.25) is 72.7 Å². The Balaban J connectivity index is 1.50. The molecule has 4 aliphatic rings. The molecule has 4 rings (SSSR count). The van der Waals surface area contributed by atoms with E-state index in [1.54, 1.807) is 0 Å². The lowest BCUT2D eigenvalue weighted by Gasteiger charge is -2.34. The van der Waals surface area contributed by atoms with Crippen LogP contribution in [-0.2, 0) is 57.5 Å². The fraction of sp³-hybridized carbons (Fsp3) is 0.571. The molecule has 33 heteroatoms. The van der Waals surface area contributed by atoms with Gasteiger partial charge in [0.05, 0.1) is 37.6 Å². The number of carboxylic acids is 1. The van der Waals surface area contributed by atoms with Gasteiger partial charge in [0.15, 0.2) is 5.75 Å². The largest absolute Gasteiger partial charge is 0.504 e. The Morgan fingerprint density at radius 3 is 2.09 bits per heavy atom. The maximum atomic E-state index is 14.1. The highest BCUT2D eigenvalue weighted by Gasteiger charge is 2.36. The number of carboxylic acid groups (broad SMARTS) is 1. The fourth-order valence-corrected chi connectivity index (χ4v) is 8.79. The number of phenols is 1. The lowest BCUT2D eigenvalue weighted by atomic mass is 10.0. The number of aromatic hydroxyl groups is 1. The summed E-state index contributed by atoms with van der Waals surface area (Å²) in [7, 11) is 0. The summed E-state index contributed by atoms with van der Waals surface area (Å²) in [4.78, 5) is 168. The standard InChI is InChI=1S/C49H72N14O19/c50-14-3-1-7-28(56-48(79)34(24-65)60-49(80)35-13-16-51-42-32(55-39(70)11-12-41(72)73)19-27-20-37(68)38(69)21-36(27)63(35)42)43(74)53-22-40(71)54-29(9-5-17-61(81)25-66)45(76)57-30-8-2-4-15-52-44(75)33(23-64)59-47(78)31(58-46(30)77)10-6-18-62(82)26-67/h19-21,25-26,28-31,33-35,51,64-65,68,81-82H,1-18,22-24,50H2,(H,52,75)(H,53,74)(H,54,71)(H,55,70)(H,56,79)(H,57,76)(H,58,77)(H,59,78)(H,60,80)(H,72,73)/t28-,29-,30-,31-,33-,34-,35?/m0/s1. The highest BCUT2D eigenvalue weighted by Crippen LogP contribution is 2.39. The lowest BCUT2D eigenvalue weighted by Crippen LogP contribution is -2.59. The van der Waals surface area contributed by atoms with Crippen molar-refractivity contribution in [3.63, 3.8) is 0 Å². The first-order valence-corrected chi connectivity index (χ1v) is 26.4. The van der Waals surface area contributed by atoms with E-state index in [4.69, 9.17) is 10.8 Å². The Kier molecular flexibility index (Phi) is 26.8. The topological polar surface area (TPSA) is 501 Å². The number of pyridine rings is 1. The molecule has 0 saturated carbocycles. The van der Waals surface area contributed by atoms with Crippen molar-refractivity contribution in [3.8, 4) is 17.0 Å². The van der Waals surface area contributed by atoms with Crippen LogP contribution in [-0.4, -0.2) is 206 Å². The van der Waals surface area contributed by atoms with Gasteiger partial charge in [-0.25, -0.2) is 10.1 Å². The van der Waals surface area contributed by atoms with E-state index < -0.39 is 145 Å². The van der Waals surface area contributed by atoms with Crippen LogP contribution in [0.3, 0.4) is 0 Å². The number of hydrogen-bond donors (Lipinski definition) is 17. The molecule has 33 nitrogen and oxygen atoms in total. The predicted molar refractivity (Wildman–Crippen MR) is 283 cm³/mol. The zero-order valence-electron chi connectivity index (χ0n) is 44.7. The van der Waals surface area contributed by atoms with Crippen LogP contribution >= 0.6 is 0 Å². The summed E-state index contributed by atoms with van der Waals surface area (Å²) in [5.74, 6) is -9.83. The van der Waals surface area contributed by atoms with Gasteiger partial charge < -0.3 is 83.9 Å². The third-order valence-corrected chi connectivity index (χ3v) is 13.1. The molecule has 0 spiro atoms. The van der Waals surface area contributed by atoms with Gasteiger partial charge in [-0.05, 0) is 89.3 Å². The molecule has 11 amide bonds. The minimum absolute atomic E-state index is 0.0134. The van der Waals surface area contributed by atoms with E-state index in [9.17, 15) is 88.1 Å². The molecule has 1 aliphatic carbocycles.